The number of rotatable bonds is 5. The number of H-pyrrole nitrogens is 2. The molecule has 0 aliphatic carbocycles. The zero-order chi connectivity index (χ0) is 24.6. The number of fused-ring (bicyclic) bond motifs is 2. The topological polar surface area (TPSA) is 115 Å². The summed E-state index contributed by atoms with van der Waals surface area (Å²) in [6.45, 7) is 9.61. The van der Waals surface area contributed by atoms with Crippen LogP contribution in [-0.2, 0) is 0 Å². The molecule has 0 aromatic carbocycles. The van der Waals surface area contributed by atoms with Crippen molar-refractivity contribution in [3.8, 4) is 11.4 Å². The average molecular weight is 482 g/mol. The summed E-state index contributed by atoms with van der Waals surface area (Å²) in [5, 5.41) is 9.73. The van der Waals surface area contributed by atoms with Crippen LogP contribution in [0.1, 0.15) is 31.7 Å². The van der Waals surface area contributed by atoms with E-state index in [2.05, 4.69) is 48.7 Å². The molecule has 6 rings (SSSR count). The standard InChI is InChI=1S/C27H31N9/c1-3-21(32-24(4-2)36-15-18(28)16-36)17-12-20-25(33-34-26(20)30-14-17)23-13-19-22(31-23)8-9-29-27(19)35-10-6-5-7-11-35/h3-4,8-9,12-14,18,31H,2,5-7,10-11,15-16,28H2,1H3,(H,30,33,34)/b21-3-,32-24?. The third-order valence-corrected chi connectivity index (χ3v) is 7.08. The van der Waals surface area contributed by atoms with Gasteiger partial charge in [-0.1, -0.05) is 12.7 Å². The summed E-state index contributed by atoms with van der Waals surface area (Å²) in [4.78, 5) is 22.3. The Morgan fingerprint density at radius 3 is 2.75 bits per heavy atom. The number of aliphatic imine (C=N–C) groups is 1. The lowest BCUT2D eigenvalue weighted by Crippen LogP contribution is -2.57. The smallest absolute Gasteiger partial charge is 0.181 e. The molecule has 2 saturated heterocycles. The number of hydrogen-bond donors (Lipinski definition) is 3. The zero-order valence-corrected chi connectivity index (χ0v) is 20.5. The summed E-state index contributed by atoms with van der Waals surface area (Å²) >= 11 is 0. The van der Waals surface area contributed by atoms with Crippen LogP contribution in [0.5, 0.6) is 0 Å². The molecule has 4 N–H and O–H groups in total. The molecule has 9 heteroatoms. The molecule has 2 aliphatic heterocycles. The molecule has 0 unspecified atom stereocenters. The fourth-order valence-electron chi connectivity index (χ4n) is 5.14. The van der Waals surface area contributed by atoms with Gasteiger partial charge in [0.2, 0.25) is 0 Å². The Bertz CT molecular complexity index is 1480. The van der Waals surface area contributed by atoms with Crippen molar-refractivity contribution in [2.75, 3.05) is 31.1 Å². The fraction of sp³-hybridized carbons (Fsp3) is 0.333. The van der Waals surface area contributed by atoms with Crippen molar-refractivity contribution in [1.29, 1.82) is 0 Å². The number of aromatic amines is 2. The van der Waals surface area contributed by atoms with E-state index in [1.54, 1.807) is 6.08 Å². The number of likely N-dealkylation sites (tertiary alicyclic amines) is 1. The second kappa shape index (κ2) is 9.23. The van der Waals surface area contributed by atoms with Crippen molar-refractivity contribution in [3.63, 3.8) is 0 Å². The number of nitrogens with one attached hydrogen (secondary N) is 2. The van der Waals surface area contributed by atoms with Crippen LogP contribution in [0.2, 0.25) is 0 Å². The number of piperidine rings is 1. The maximum absolute atomic E-state index is 5.96. The normalized spacial score (nSPS) is 17.7. The van der Waals surface area contributed by atoms with Crippen LogP contribution >= 0.6 is 0 Å². The largest absolute Gasteiger partial charge is 0.356 e. The lowest BCUT2D eigenvalue weighted by molar-refractivity contribution is 0.256. The van der Waals surface area contributed by atoms with Gasteiger partial charge in [-0.2, -0.15) is 5.10 Å². The number of hydrogen-bond acceptors (Lipinski definition) is 6. The van der Waals surface area contributed by atoms with Crippen LogP contribution < -0.4 is 10.6 Å². The van der Waals surface area contributed by atoms with Crippen LogP contribution in [0, 0.1) is 0 Å². The molecule has 0 spiro atoms. The van der Waals surface area contributed by atoms with Gasteiger partial charge in [0.1, 0.15) is 11.7 Å². The van der Waals surface area contributed by atoms with Gasteiger partial charge in [0.15, 0.2) is 5.65 Å². The van der Waals surface area contributed by atoms with E-state index in [-0.39, 0.29) is 6.04 Å². The number of allylic oxidation sites excluding steroid dienone is 1. The Balaban J connectivity index is 1.38. The van der Waals surface area contributed by atoms with E-state index in [0.717, 1.165) is 76.8 Å². The number of nitrogens with zero attached hydrogens (tertiary/aromatic N) is 6. The lowest BCUT2D eigenvalue weighted by atomic mass is 10.1. The molecule has 0 radical (unpaired) electrons. The van der Waals surface area contributed by atoms with Crippen LogP contribution in [-0.4, -0.2) is 68.1 Å². The maximum atomic E-state index is 5.96. The summed E-state index contributed by atoms with van der Waals surface area (Å²) in [6, 6.07) is 6.48. The fourth-order valence-corrected chi connectivity index (χ4v) is 5.14. The highest BCUT2D eigenvalue weighted by atomic mass is 15.3. The molecule has 184 valence electrons. The Kier molecular flexibility index (Phi) is 5.77. The zero-order valence-electron chi connectivity index (χ0n) is 20.5. The van der Waals surface area contributed by atoms with Crippen molar-refractivity contribution >= 4 is 39.3 Å². The first-order chi connectivity index (χ1) is 17.6. The third-order valence-electron chi connectivity index (χ3n) is 7.08. The van der Waals surface area contributed by atoms with E-state index < -0.39 is 0 Å². The second-order valence-corrected chi connectivity index (χ2v) is 9.53. The number of amidine groups is 1. The van der Waals surface area contributed by atoms with E-state index in [4.69, 9.17) is 15.7 Å². The molecule has 4 aromatic heterocycles. The van der Waals surface area contributed by atoms with Gasteiger partial charge in [0.05, 0.1) is 22.6 Å². The molecule has 0 atom stereocenters. The first-order valence-electron chi connectivity index (χ1n) is 12.6. The van der Waals surface area contributed by atoms with E-state index in [0.29, 0.717) is 5.65 Å². The monoisotopic (exact) mass is 481 g/mol. The molecule has 0 amide bonds. The van der Waals surface area contributed by atoms with Crippen molar-refractivity contribution in [1.82, 2.24) is 30.0 Å². The number of anilines is 1. The molecule has 2 fully saturated rings. The molecule has 4 aromatic rings. The predicted molar refractivity (Wildman–Crippen MR) is 146 cm³/mol. The second-order valence-electron chi connectivity index (χ2n) is 9.53. The van der Waals surface area contributed by atoms with Crippen LogP contribution in [0.25, 0.3) is 39.0 Å². The molecular formula is C27H31N9. The molecule has 0 saturated carbocycles. The van der Waals surface area contributed by atoms with E-state index >= 15 is 0 Å². The van der Waals surface area contributed by atoms with Crippen LogP contribution in [0.4, 0.5) is 5.82 Å². The van der Waals surface area contributed by atoms with Gasteiger partial charge < -0.3 is 20.5 Å². The molecule has 0 bridgehead atoms. The lowest BCUT2D eigenvalue weighted by Gasteiger charge is -2.38. The maximum Gasteiger partial charge on any atom is 0.181 e. The van der Waals surface area contributed by atoms with Gasteiger partial charge >= 0.3 is 0 Å². The van der Waals surface area contributed by atoms with Crippen molar-refractivity contribution in [2.45, 2.75) is 32.2 Å². The summed E-state index contributed by atoms with van der Waals surface area (Å²) in [5.41, 5.74) is 11.3. The van der Waals surface area contributed by atoms with Crippen LogP contribution in [0.3, 0.4) is 0 Å². The predicted octanol–water partition coefficient (Wildman–Crippen LogP) is 4.08. The highest BCUT2D eigenvalue weighted by Crippen LogP contribution is 2.33. The van der Waals surface area contributed by atoms with Gasteiger partial charge in [-0.3, -0.25) is 5.10 Å². The van der Waals surface area contributed by atoms with Crippen molar-refractivity contribution < 1.29 is 0 Å². The molecule has 9 nitrogen and oxygen atoms in total. The average Bonchev–Trinajstić information content (AvgIpc) is 3.52. The Morgan fingerprint density at radius 2 is 2.00 bits per heavy atom. The third kappa shape index (κ3) is 3.95. The first kappa shape index (κ1) is 22.5. The number of nitrogens with two attached hydrogens (primary N) is 1. The summed E-state index contributed by atoms with van der Waals surface area (Å²) in [5.74, 6) is 1.87. The highest BCUT2D eigenvalue weighted by molar-refractivity contribution is 6.00. The van der Waals surface area contributed by atoms with Crippen LogP contribution in [0.15, 0.2) is 54.3 Å². The summed E-state index contributed by atoms with van der Waals surface area (Å²) in [6.07, 6.45) is 11.2. The minimum absolute atomic E-state index is 0.192. The van der Waals surface area contributed by atoms with E-state index in [1.807, 2.05) is 31.5 Å². The van der Waals surface area contributed by atoms with Gasteiger partial charge in [-0.15, -0.1) is 0 Å². The number of pyridine rings is 2. The SMILES string of the molecule is C=CC(=N/C(=C\C)c1cnc2n[nH]c(-c3cc4c(N5CCCCC5)nccc4[nH]3)c2c1)N1CC(N)C1. The summed E-state index contributed by atoms with van der Waals surface area (Å²) < 4.78 is 0. The van der Waals surface area contributed by atoms with Gasteiger partial charge in [-0.05, 0) is 50.5 Å². The highest BCUT2D eigenvalue weighted by Gasteiger charge is 2.25. The van der Waals surface area contributed by atoms with Gasteiger partial charge in [0, 0.05) is 61.0 Å². The van der Waals surface area contributed by atoms with Gasteiger partial charge in [-0.25, -0.2) is 15.0 Å². The Hall–Kier alpha value is -3.98. The Morgan fingerprint density at radius 1 is 1.17 bits per heavy atom. The van der Waals surface area contributed by atoms with Gasteiger partial charge in [0.25, 0.3) is 0 Å². The Labute approximate surface area is 209 Å². The van der Waals surface area contributed by atoms with Crippen molar-refractivity contribution in [2.24, 2.45) is 10.7 Å². The molecule has 2 aliphatic rings. The summed E-state index contributed by atoms with van der Waals surface area (Å²) in [7, 11) is 0. The van der Waals surface area contributed by atoms with E-state index in [9.17, 15) is 0 Å². The number of aromatic nitrogens is 5. The van der Waals surface area contributed by atoms with E-state index in [1.165, 1.54) is 19.3 Å². The molecule has 6 heterocycles. The minimum Gasteiger partial charge on any atom is -0.356 e. The first-order valence-corrected chi connectivity index (χ1v) is 12.6. The van der Waals surface area contributed by atoms with Crippen molar-refractivity contribution in [3.05, 3.63) is 54.9 Å². The minimum atomic E-state index is 0.192. The molecule has 36 heavy (non-hydrogen) atoms. The quantitative estimate of drug-likeness (QED) is 0.292. The molecular weight excluding hydrogens is 450 g/mol.